The lowest BCUT2D eigenvalue weighted by molar-refractivity contribution is -0.0442. The normalized spacial score (nSPS) is 17.6. The molecule has 1 aliphatic heterocycles. The van der Waals surface area contributed by atoms with Gasteiger partial charge in [0.25, 0.3) is 0 Å². The highest BCUT2D eigenvalue weighted by Crippen LogP contribution is 2.28. The van der Waals surface area contributed by atoms with Crippen LogP contribution in [-0.2, 0) is 9.47 Å². The molecule has 0 aliphatic carbocycles. The molecule has 0 aromatic heterocycles. The number of ether oxygens (including phenoxy) is 2. The van der Waals surface area contributed by atoms with Gasteiger partial charge in [-0.2, -0.15) is 0 Å². The third kappa shape index (κ3) is 1.95. The molecule has 1 heterocycles. The van der Waals surface area contributed by atoms with Gasteiger partial charge in [-0.3, -0.25) is 0 Å². The molecule has 1 fully saturated rings. The minimum absolute atomic E-state index is 0.151. The Morgan fingerprint density at radius 3 is 2.64 bits per heavy atom. The van der Waals surface area contributed by atoms with Crippen LogP contribution in [0.4, 0.5) is 0 Å². The van der Waals surface area contributed by atoms with Crippen LogP contribution in [-0.4, -0.2) is 19.5 Å². The first-order valence-corrected chi connectivity index (χ1v) is 5.91. The van der Waals surface area contributed by atoms with Crippen molar-refractivity contribution in [3.8, 4) is 0 Å². The van der Waals surface area contributed by atoms with Crippen LogP contribution in [0.1, 0.15) is 17.4 Å². The molecule has 0 N–H and O–H groups in total. The molecule has 14 heavy (non-hydrogen) atoms. The van der Waals surface area contributed by atoms with E-state index in [0.717, 1.165) is 5.56 Å². The Balaban J connectivity index is 2.25. The molecular weight excluding hydrogens is 196 g/mol. The predicted molar refractivity (Wildman–Crippen MR) is 57.6 cm³/mol. The molecule has 0 spiro atoms. The lowest BCUT2D eigenvalue weighted by atomic mass is 10.1. The van der Waals surface area contributed by atoms with Gasteiger partial charge in [-0.15, -0.1) is 11.8 Å². The van der Waals surface area contributed by atoms with E-state index in [0.29, 0.717) is 13.2 Å². The molecule has 1 aromatic carbocycles. The van der Waals surface area contributed by atoms with Crippen LogP contribution in [0.5, 0.6) is 0 Å². The van der Waals surface area contributed by atoms with Gasteiger partial charge in [0.15, 0.2) is 6.29 Å². The van der Waals surface area contributed by atoms with E-state index in [1.165, 1.54) is 10.5 Å². The number of benzene rings is 1. The van der Waals surface area contributed by atoms with E-state index in [-0.39, 0.29) is 6.29 Å². The number of thioether (sulfide) groups is 1. The maximum absolute atomic E-state index is 5.45. The first kappa shape index (κ1) is 10.0. The molecule has 1 aliphatic rings. The van der Waals surface area contributed by atoms with E-state index in [4.69, 9.17) is 9.47 Å². The molecule has 0 saturated carbocycles. The zero-order valence-electron chi connectivity index (χ0n) is 8.45. The van der Waals surface area contributed by atoms with Crippen LogP contribution in [0.25, 0.3) is 0 Å². The average Bonchev–Trinajstić information content (AvgIpc) is 2.71. The van der Waals surface area contributed by atoms with Crippen molar-refractivity contribution in [1.29, 1.82) is 0 Å². The molecule has 0 radical (unpaired) electrons. The molecule has 2 nitrogen and oxygen atoms in total. The van der Waals surface area contributed by atoms with Crippen LogP contribution in [0.2, 0.25) is 0 Å². The largest absolute Gasteiger partial charge is 0.346 e. The summed E-state index contributed by atoms with van der Waals surface area (Å²) in [6.45, 7) is 3.52. The van der Waals surface area contributed by atoms with Gasteiger partial charge in [0, 0.05) is 10.5 Å². The molecule has 0 amide bonds. The molecule has 0 unspecified atom stereocenters. The van der Waals surface area contributed by atoms with E-state index in [1.54, 1.807) is 11.8 Å². The summed E-state index contributed by atoms with van der Waals surface area (Å²) >= 11 is 1.76. The van der Waals surface area contributed by atoms with Gasteiger partial charge in [-0.05, 0) is 24.8 Å². The summed E-state index contributed by atoms with van der Waals surface area (Å²) in [6, 6.07) is 6.34. The fraction of sp³-hybridized carbons (Fsp3) is 0.455. The van der Waals surface area contributed by atoms with Gasteiger partial charge in [0.2, 0.25) is 0 Å². The second-order valence-electron chi connectivity index (χ2n) is 3.30. The number of hydrogen-bond acceptors (Lipinski definition) is 3. The molecule has 0 atom stereocenters. The molecule has 1 saturated heterocycles. The molecule has 3 heteroatoms. The average molecular weight is 210 g/mol. The summed E-state index contributed by atoms with van der Waals surface area (Å²) < 4.78 is 10.9. The van der Waals surface area contributed by atoms with Gasteiger partial charge in [0.05, 0.1) is 13.2 Å². The fourth-order valence-corrected chi connectivity index (χ4v) is 2.18. The summed E-state index contributed by atoms with van der Waals surface area (Å²) in [5.41, 5.74) is 2.43. The van der Waals surface area contributed by atoms with Crippen molar-refractivity contribution in [2.75, 3.05) is 19.5 Å². The van der Waals surface area contributed by atoms with E-state index in [1.807, 2.05) is 0 Å². The Labute approximate surface area is 88.6 Å². The van der Waals surface area contributed by atoms with Crippen LogP contribution >= 0.6 is 11.8 Å². The van der Waals surface area contributed by atoms with Crippen LogP contribution in [0.3, 0.4) is 0 Å². The van der Waals surface area contributed by atoms with Gasteiger partial charge >= 0.3 is 0 Å². The highest BCUT2D eigenvalue weighted by atomic mass is 32.2. The van der Waals surface area contributed by atoms with E-state index in [2.05, 4.69) is 31.4 Å². The highest BCUT2D eigenvalue weighted by Gasteiger charge is 2.18. The van der Waals surface area contributed by atoms with Crippen LogP contribution < -0.4 is 0 Å². The highest BCUT2D eigenvalue weighted by molar-refractivity contribution is 7.98. The SMILES string of the molecule is CSc1cc(C2OCCO2)ccc1C. The second-order valence-corrected chi connectivity index (χ2v) is 4.15. The molecule has 0 bridgehead atoms. The summed E-state index contributed by atoms with van der Waals surface area (Å²) in [5.74, 6) is 0. The zero-order chi connectivity index (χ0) is 9.97. The van der Waals surface area contributed by atoms with Gasteiger partial charge in [0.1, 0.15) is 0 Å². The van der Waals surface area contributed by atoms with Crippen molar-refractivity contribution in [2.24, 2.45) is 0 Å². The summed E-state index contributed by atoms with van der Waals surface area (Å²) in [6.07, 6.45) is 1.93. The van der Waals surface area contributed by atoms with Crippen molar-refractivity contribution in [3.63, 3.8) is 0 Å². The standard InChI is InChI=1S/C11H14O2S/c1-8-3-4-9(7-10(8)14-2)11-12-5-6-13-11/h3-4,7,11H,5-6H2,1-2H3. The number of hydrogen-bond donors (Lipinski definition) is 0. The topological polar surface area (TPSA) is 18.5 Å². The third-order valence-corrected chi connectivity index (χ3v) is 3.21. The quantitative estimate of drug-likeness (QED) is 0.699. The first-order chi connectivity index (χ1) is 6.81. The zero-order valence-corrected chi connectivity index (χ0v) is 9.26. The van der Waals surface area contributed by atoms with Crippen molar-refractivity contribution in [2.45, 2.75) is 18.1 Å². The summed E-state index contributed by atoms with van der Waals surface area (Å²) in [5, 5.41) is 0. The van der Waals surface area contributed by atoms with Crippen molar-refractivity contribution in [1.82, 2.24) is 0 Å². The van der Waals surface area contributed by atoms with Gasteiger partial charge < -0.3 is 9.47 Å². The van der Waals surface area contributed by atoms with E-state index >= 15 is 0 Å². The Morgan fingerprint density at radius 2 is 2.00 bits per heavy atom. The minimum atomic E-state index is -0.151. The first-order valence-electron chi connectivity index (χ1n) is 4.69. The van der Waals surface area contributed by atoms with Crippen LogP contribution in [0, 0.1) is 6.92 Å². The fourth-order valence-electron chi connectivity index (χ4n) is 1.53. The van der Waals surface area contributed by atoms with E-state index in [9.17, 15) is 0 Å². The van der Waals surface area contributed by atoms with Crippen molar-refractivity contribution >= 4 is 11.8 Å². The van der Waals surface area contributed by atoms with Crippen LogP contribution in [0.15, 0.2) is 23.1 Å². The Bertz CT molecular complexity index is 319. The maximum atomic E-state index is 5.45. The Hall–Kier alpha value is -0.510. The summed E-state index contributed by atoms with van der Waals surface area (Å²) in [4.78, 5) is 1.29. The smallest absolute Gasteiger partial charge is 0.184 e. The van der Waals surface area contributed by atoms with Gasteiger partial charge in [-0.1, -0.05) is 12.1 Å². The third-order valence-electron chi connectivity index (χ3n) is 2.33. The number of aryl methyl sites for hydroxylation is 1. The monoisotopic (exact) mass is 210 g/mol. The minimum Gasteiger partial charge on any atom is -0.346 e. The predicted octanol–water partition coefficient (Wildman–Crippen LogP) is 2.76. The summed E-state index contributed by atoms with van der Waals surface area (Å²) in [7, 11) is 0. The van der Waals surface area contributed by atoms with E-state index < -0.39 is 0 Å². The molecule has 1 aromatic rings. The second kappa shape index (κ2) is 4.34. The Kier molecular flexibility index (Phi) is 3.11. The lowest BCUT2D eigenvalue weighted by Crippen LogP contribution is -1.98. The maximum Gasteiger partial charge on any atom is 0.184 e. The lowest BCUT2D eigenvalue weighted by Gasteiger charge is -2.11. The number of rotatable bonds is 2. The van der Waals surface area contributed by atoms with Crippen molar-refractivity contribution in [3.05, 3.63) is 29.3 Å². The van der Waals surface area contributed by atoms with Crippen molar-refractivity contribution < 1.29 is 9.47 Å². The molecule has 76 valence electrons. The van der Waals surface area contributed by atoms with Gasteiger partial charge in [-0.25, -0.2) is 0 Å². The molecular formula is C11H14O2S. The molecule has 2 rings (SSSR count). The Morgan fingerprint density at radius 1 is 1.29 bits per heavy atom.